The Hall–Kier alpha value is -2.30. The molecule has 0 spiro atoms. The van der Waals surface area contributed by atoms with Crippen molar-refractivity contribution >= 4 is 11.6 Å². The van der Waals surface area contributed by atoms with Crippen LogP contribution in [0.4, 0.5) is 5.69 Å². The number of nitrogens with zero attached hydrogens (tertiary/aromatic N) is 1. The van der Waals surface area contributed by atoms with Gasteiger partial charge in [-0.25, -0.2) is 0 Å². The lowest BCUT2D eigenvalue weighted by Gasteiger charge is -2.08. The summed E-state index contributed by atoms with van der Waals surface area (Å²) in [6, 6.07) is 7.51. The second-order valence-corrected chi connectivity index (χ2v) is 4.71. The fourth-order valence-corrected chi connectivity index (χ4v) is 1.86. The van der Waals surface area contributed by atoms with Gasteiger partial charge in [0.1, 0.15) is 0 Å². The number of anilines is 1. The second-order valence-electron chi connectivity index (χ2n) is 4.71. The molecule has 0 bridgehead atoms. The van der Waals surface area contributed by atoms with Gasteiger partial charge >= 0.3 is 0 Å². The van der Waals surface area contributed by atoms with Crippen LogP contribution in [0.3, 0.4) is 0 Å². The van der Waals surface area contributed by atoms with E-state index in [0.29, 0.717) is 18.7 Å². The lowest BCUT2D eigenvalue weighted by Crippen LogP contribution is -2.23. The molecule has 20 heavy (non-hydrogen) atoms. The van der Waals surface area contributed by atoms with E-state index in [9.17, 15) is 4.79 Å². The van der Waals surface area contributed by atoms with E-state index in [1.165, 1.54) is 0 Å². The molecule has 0 aliphatic heterocycles. The Kier molecular flexibility index (Phi) is 4.76. The number of benzene rings is 1. The van der Waals surface area contributed by atoms with Gasteiger partial charge in [-0.15, -0.1) is 0 Å². The van der Waals surface area contributed by atoms with Crippen LogP contribution in [-0.4, -0.2) is 22.6 Å². The van der Waals surface area contributed by atoms with Gasteiger partial charge in [0.15, 0.2) is 0 Å². The Bertz CT molecular complexity index is 577. The Labute approximate surface area is 118 Å². The van der Waals surface area contributed by atoms with Crippen LogP contribution in [-0.2, 0) is 6.54 Å². The average molecular weight is 272 g/mol. The highest BCUT2D eigenvalue weighted by molar-refractivity contribution is 5.95. The second kappa shape index (κ2) is 6.75. The predicted molar refractivity (Wildman–Crippen MR) is 79.7 cm³/mol. The maximum atomic E-state index is 11.9. The van der Waals surface area contributed by atoms with E-state index in [1.54, 1.807) is 6.20 Å². The fourth-order valence-electron chi connectivity index (χ4n) is 1.86. The zero-order chi connectivity index (χ0) is 14.4. The summed E-state index contributed by atoms with van der Waals surface area (Å²) < 4.78 is 0. The molecule has 2 aromatic rings. The molecule has 0 unspecified atom stereocenters. The lowest BCUT2D eigenvalue weighted by atomic mass is 10.1. The molecule has 0 saturated heterocycles. The molecule has 106 valence electrons. The van der Waals surface area contributed by atoms with Crippen molar-refractivity contribution < 1.29 is 4.79 Å². The highest BCUT2D eigenvalue weighted by Crippen LogP contribution is 2.13. The van der Waals surface area contributed by atoms with Gasteiger partial charge in [0.25, 0.3) is 5.91 Å². The molecule has 1 aromatic heterocycles. The van der Waals surface area contributed by atoms with E-state index >= 15 is 0 Å². The molecule has 0 radical (unpaired) electrons. The van der Waals surface area contributed by atoms with Crippen LogP contribution in [0.15, 0.2) is 30.5 Å². The highest BCUT2D eigenvalue weighted by atomic mass is 16.1. The molecule has 0 saturated carbocycles. The zero-order valence-corrected chi connectivity index (χ0v) is 11.9. The van der Waals surface area contributed by atoms with Gasteiger partial charge in [-0.1, -0.05) is 13.0 Å². The maximum Gasteiger partial charge on any atom is 0.251 e. The van der Waals surface area contributed by atoms with Gasteiger partial charge in [0, 0.05) is 35.6 Å². The first-order chi connectivity index (χ1) is 9.70. The minimum Gasteiger partial charge on any atom is -0.381 e. The lowest BCUT2D eigenvalue weighted by molar-refractivity contribution is 0.0953. The van der Waals surface area contributed by atoms with Gasteiger partial charge in [-0.05, 0) is 31.5 Å². The van der Waals surface area contributed by atoms with Crippen molar-refractivity contribution in [3.8, 4) is 0 Å². The standard InChI is InChI=1S/C15H20N4O/c1-3-7-16-15(20)12-5-4-6-14(8-12)17-9-13-10-18-19-11(13)2/h4-6,8,10,17H,3,7,9H2,1-2H3,(H,16,20)(H,18,19). The average Bonchev–Trinajstić information content (AvgIpc) is 2.88. The molecule has 0 fully saturated rings. The van der Waals surface area contributed by atoms with E-state index < -0.39 is 0 Å². The molecule has 0 atom stereocenters. The summed E-state index contributed by atoms with van der Waals surface area (Å²) in [4.78, 5) is 11.9. The number of carbonyl (C=O) groups is 1. The number of aromatic nitrogens is 2. The summed E-state index contributed by atoms with van der Waals surface area (Å²) >= 11 is 0. The zero-order valence-electron chi connectivity index (χ0n) is 11.9. The van der Waals surface area contributed by atoms with Crippen LogP contribution >= 0.6 is 0 Å². The summed E-state index contributed by atoms with van der Waals surface area (Å²) in [6.45, 7) is 5.40. The third-order valence-electron chi connectivity index (χ3n) is 3.08. The number of H-pyrrole nitrogens is 1. The van der Waals surface area contributed by atoms with Crippen molar-refractivity contribution in [3.05, 3.63) is 47.3 Å². The number of rotatable bonds is 6. The first-order valence-electron chi connectivity index (χ1n) is 6.81. The number of amides is 1. The number of hydrogen-bond acceptors (Lipinski definition) is 3. The number of aryl methyl sites for hydroxylation is 1. The van der Waals surface area contributed by atoms with Crippen LogP contribution < -0.4 is 10.6 Å². The van der Waals surface area contributed by atoms with Gasteiger partial charge in [-0.3, -0.25) is 9.89 Å². The monoisotopic (exact) mass is 272 g/mol. The number of hydrogen-bond donors (Lipinski definition) is 3. The molecule has 5 heteroatoms. The first-order valence-corrected chi connectivity index (χ1v) is 6.81. The number of nitrogens with one attached hydrogen (secondary N) is 3. The van der Waals surface area contributed by atoms with E-state index in [4.69, 9.17) is 0 Å². The Morgan fingerprint density at radius 3 is 2.95 bits per heavy atom. The van der Waals surface area contributed by atoms with E-state index in [1.807, 2.05) is 38.1 Å². The van der Waals surface area contributed by atoms with Crippen molar-refractivity contribution in [1.29, 1.82) is 0 Å². The van der Waals surface area contributed by atoms with Crippen molar-refractivity contribution in [2.45, 2.75) is 26.8 Å². The summed E-state index contributed by atoms with van der Waals surface area (Å²) in [5, 5.41) is 13.1. The minimum atomic E-state index is -0.0324. The smallest absolute Gasteiger partial charge is 0.251 e. The topological polar surface area (TPSA) is 69.8 Å². The Morgan fingerprint density at radius 2 is 2.25 bits per heavy atom. The van der Waals surface area contributed by atoms with Crippen LogP contribution in [0.1, 0.15) is 35.0 Å². The van der Waals surface area contributed by atoms with Crippen molar-refractivity contribution in [2.24, 2.45) is 0 Å². The van der Waals surface area contributed by atoms with Crippen LogP contribution in [0, 0.1) is 6.92 Å². The van der Waals surface area contributed by atoms with Gasteiger partial charge in [0.05, 0.1) is 6.20 Å². The van der Waals surface area contributed by atoms with E-state index in [-0.39, 0.29) is 5.91 Å². The first kappa shape index (κ1) is 14.1. The van der Waals surface area contributed by atoms with Gasteiger partial charge in [0.2, 0.25) is 0 Å². The molecule has 2 rings (SSSR count). The van der Waals surface area contributed by atoms with Gasteiger partial charge < -0.3 is 10.6 Å². The Balaban J connectivity index is 1.99. The van der Waals surface area contributed by atoms with Crippen molar-refractivity contribution in [2.75, 3.05) is 11.9 Å². The normalized spacial score (nSPS) is 10.3. The highest BCUT2D eigenvalue weighted by Gasteiger charge is 2.05. The quantitative estimate of drug-likeness (QED) is 0.756. The van der Waals surface area contributed by atoms with Gasteiger partial charge in [-0.2, -0.15) is 5.10 Å². The molecule has 5 nitrogen and oxygen atoms in total. The van der Waals surface area contributed by atoms with Crippen LogP contribution in [0.2, 0.25) is 0 Å². The van der Waals surface area contributed by atoms with Crippen molar-refractivity contribution in [1.82, 2.24) is 15.5 Å². The maximum absolute atomic E-state index is 11.9. The molecule has 0 aliphatic rings. The summed E-state index contributed by atoms with van der Waals surface area (Å²) in [5.41, 5.74) is 3.77. The summed E-state index contributed by atoms with van der Waals surface area (Å²) in [5.74, 6) is -0.0324. The SMILES string of the molecule is CCCNC(=O)c1cccc(NCc2cn[nH]c2C)c1. The summed E-state index contributed by atoms with van der Waals surface area (Å²) in [7, 11) is 0. The number of carbonyl (C=O) groups excluding carboxylic acids is 1. The van der Waals surface area contributed by atoms with Crippen LogP contribution in [0.5, 0.6) is 0 Å². The molecule has 3 N–H and O–H groups in total. The molecule has 1 amide bonds. The summed E-state index contributed by atoms with van der Waals surface area (Å²) in [6.07, 6.45) is 2.74. The molecular weight excluding hydrogens is 252 g/mol. The largest absolute Gasteiger partial charge is 0.381 e. The third kappa shape index (κ3) is 3.60. The molecular formula is C15H20N4O. The van der Waals surface area contributed by atoms with E-state index in [2.05, 4.69) is 20.8 Å². The molecule has 1 heterocycles. The third-order valence-corrected chi connectivity index (χ3v) is 3.08. The number of aromatic amines is 1. The predicted octanol–water partition coefficient (Wildman–Crippen LogP) is 2.47. The fraction of sp³-hybridized carbons (Fsp3) is 0.333. The van der Waals surface area contributed by atoms with E-state index in [0.717, 1.165) is 23.4 Å². The van der Waals surface area contributed by atoms with Crippen LogP contribution in [0.25, 0.3) is 0 Å². The Morgan fingerprint density at radius 1 is 1.40 bits per heavy atom. The minimum absolute atomic E-state index is 0.0324. The molecule has 0 aliphatic carbocycles. The van der Waals surface area contributed by atoms with Crippen molar-refractivity contribution in [3.63, 3.8) is 0 Å². The molecule has 1 aromatic carbocycles.